The molecule has 0 fully saturated rings. The van der Waals surface area contributed by atoms with E-state index in [0.29, 0.717) is 32.7 Å². The highest BCUT2D eigenvalue weighted by atomic mass is 35.5. The molecule has 0 aliphatic carbocycles. The van der Waals surface area contributed by atoms with Gasteiger partial charge in [0.05, 0.1) is 22.8 Å². The van der Waals surface area contributed by atoms with Gasteiger partial charge in [-0.05, 0) is 37.3 Å². The number of ether oxygens (including phenoxy) is 1. The van der Waals surface area contributed by atoms with E-state index in [4.69, 9.17) is 33.2 Å². The first-order valence-corrected chi connectivity index (χ1v) is 6.62. The molecule has 0 saturated heterocycles. The van der Waals surface area contributed by atoms with Gasteiger partial charge in [0.2, 0.25) is 0 Å². The number of halogens is 2. The zero-order chi connectivity index (χ0) is 14.7. The summed E-state index contributed by atoms with van der Waals surface area (Å²) in [6.07, 6.45) is -0.719. The second-order valence-corrected chi connectivity index (χ2v) is 5.06. The van der Waals surface area contributed by atoms with Crippen LogP contribution in [0.5, 0.6) is 11.5 Å². The van der Waals surface area contributed by atoms with E-state index in [1.165, 1.54) is 0 Å². The number of nitriles is 1. The van der Waals surface area contributed by atoms with Gasteiger partial charge in [-0.3, -0.25) is 0 Å². The van der Waals surface area contributed by atoms with Gasteiger partial charge in [0, 0.05) is 10.6 Å². The molecule has 0 saturated carbocycles. The van der Waals surface area contributed by atoms with Crippen LogP contribution in [0.25, 0.3) is 0 Å². The molecule has 0 bridgehead atoms. The minimum absolute atomic E-state index is 0.358. The SMILES string of the molecule is CC(O)c1ccc(C#N)cc1Oc1ccc(Cl)cc1Cl. The highest BCUT2D eigenvalue weighted by molar-refractivity contribution is 6.35. The van der Waals surface area contributed by atoms with Crippen LogP contribution in [0.15, 0.2) is 36.4 Å². The predicted molar refractivity (Wildman–Crippen MR) is 78.3 cm³/mol. The summed E-state index contributed by atoms with van der Waals surface area (Å²) >= 11 is 11.9. The molecule has 2 rings (SSSR count). The molecular formula is C15H11Cl2NO2. The van der Waals surface area contributed by atoms with Crippen molar-refractivity contribution in [3.8, 4) is 17.6 Å². The summed E-state index contributed by atoms with van der Waals surface area (Å²) in [6.45, 7) is 1.62. The Hall–Kier alpha value is -1.73. The maximum atomic E-state index is 9.74. The van der Waals surface area contributed by atoms with Gasteiger partial charge >= 0.3 is 0 Å². The van der Waals surface area contributed by atoms with Crippen LogP contribution < -0.4 is 4.74 Å². The molecule has 2 aromatic carbocycles. The molecule has 0 amide bonds. The van der Waals surface area contributed by atoms with Crippen molar-refractivity contribution in [2.75, 3.05) is 0 Å². The quantitative estimate of drug-likeness (QED) is 0.893. The normalized spacial score (nSPS) is 11.8. The topological polar surface area (TPSA) is 53.2 Å². The summed E-state index contributed by atoms with van der Waals surface area (Å²) in [5.41, 5.74) is 1.02. The van der Waals surface area contributed by atoms with Crippen molar-refractivity contribution in [3.05, 3.63) is 57.6 Å². The maximum absolute atomic E-state index is 9.74. The molecule has 1 unspecified atom stereocenters. The van der Waals surface area contributed by atoms with Crippen LogP contribution in [0, 0.1) is 11.3 Å². The second kappa shape index (κ2) is 6.15. The number of rotatable bonds is 3. The number of hydrogen-bond donors (Lipinski definition) is 1. The third-order valence-corrected chi connectivity index (χ3v) is 3.24. The van der Waals surface area contributed by atoms with E-state index >= 15 is 0 Å². The van der Waals surface area contributed by atoms with E-state index in [-0.39, 0.29) is 0 Å². The lowest BCUT2D eigenvalue weighted by Gasteiger charge is -2.14. The summed E-state index contributed by atoms with van der Waals surface area (Å²) in [5.74, 6) is 0.802. The highest BCUT2D eigenvalue weighted by Gasteiger charge is 2.13. The molecule has 0 heterocycles. The fraction of sp³-hybridized carbons (Fsp3) is 0.133. The maximum Gasteiger partial charge on any atom is 0.146 e. The molecule has 1 N–H and O–H groups in total. The first kappa shape index (κ1) is 14.7. The third kappa shape index (κ3) is 3.23. The Morgan fingerprint density at radius 3 is 2.50 bits per heavy atom. The van der Waals surface area contributed by atoms with E-state index in [0.717, 1.165) is 0 Å². The van der Waals surface area contributed by atoms with Crippen LogP contribution in [0.1, 0.15) is 24.2 Å². The van der Waals surface area contributed by atoms with Crippen LogP contribution >= 0.6 is 23.2 Å². The van der Waals surface area contributed by atoms with Crippen molar-refractivity contribution in [1.82, 2.24) is 0 Å². The van der Waals surface area contributed by atoms with Gasteiger partial charge in [0.1, 0.15) is 11.5 Å². The van der Waals surface area contributed by atoms with Gasteiger partial charge in [-0.1, -0.05) is 29.3 Å². The number of aliphatic hydroxyl groups is 1. The van der Waals surface area contributed by atoms with Crippen LogP contribution in [0.3, 0.4) is 0 Å². The average molecular weight is 308 g/mol. The van der Waals surface area contributed by atoms with Crippen LogP contribution in [-0.2, 0) is 0 Å². The van der Waals surface area contributed by atoms with Crippen molar-refractivity contribution in [3.63, 3.8) is 0 Å². The van der Waals surface area contributed by atoms with E-state index in [1.54, 1.807) is 43.3 Å². The van der Waals surface area contributed by atoms with E-state index < -0.39 is 6.10 Å². The van der Waals surface area contributed by atoms with Crippen LogP contribution in [-0.4, -0.2) is 5.11 Å². The molecule has 0 aliphatic rings. The summed E-state index contributed by atoms with van der Waals surface area (Å²) < 4.78 is 5.70. The molecule has 0 spiro atoms. The summed E-state index contributed by atoms with van der Waals surface area (Å²) in [6, 6.07) is 11.7. The summed E-state index contributed by atoms with van der Waals surface area (Å²) in [4.78, 5) is 0. The van der Waals surface area contributed by atoms with Crippen LogP contribution in [0.4, 0.5) is 0 Å². The minimum Gasteiger partial charge on any atom is -0.455 e. The lowest BCUT2D eigenvalue weighted by molar-refractivity contribution is 0.195. The molecular weight excluding hydrogens is 297 g/mol. The molecule has 3 nitrogen and oxygen atoms in total. The van der Waals surface area contributed by atoms with Crippen molar-refractivity contribution in [2.24, 2.45) is 0 Å². The Morgan fingerprint density at radius 1 is 1.15 bits per heavy atom. The first-order chi connectivity index (χ1) is 9.51. The van der Waals surface area contributed by atoms with Crippen molar-refractivity contribution in [1.29, 1.82) is 5.26 Å². The third-order valence-electron chi connectivity index (χ3n) is 2.71. The Morgan fingerprint density at radius 2 is 1.90 bits per heavy atom. The number of aliphatic hydroxyl groups excluding tert-OH is 1. The van der Waals surface area contributed by atoms with E-state index in [9.17, 15) is 5.11 Å². The van der Waals surface area contributed by atoms with Crippen molar-refractivity contribution < 1.29 is 9.84 Å². The molecule has 1 atom stereocenters. The second-order valence-electron chi connectivity index (χ2n) is 4.22. The summed E-state index contributed by atoms with van der Waals surface area (Å²) in [7, 11) is 0. The predicted octanol–water partition coefficient (Wildman–Crippen LogP) is 4.71. The molecule has 102 valence electrons. The van der Waals surface area contributed by atoms with Gasteiger partial charge in [-0.2, -0.15) is 5.26 Å². The minimum atomic E-state index is -0.719. The van der Waals surface area contributed by atoms with Crippen molar-refractivity contribution >= 4 is 23.2 Å². The summed E-state index contributed by atoms with van der Waals surface area (Å²) in [5, 5.41) is 19.5. The smallest absolute Gasteiger partial charge is 0.146 e. The Labute approximate surface area is 126 Å². The van der Waals surface area contributed by atoms with Gasteiger partial charge in [0.25, 0.3) is 0 Å². The van der Waals surface area contributed by atoms with Gasteiger partial charge in [-0.25, -0.2) is 0 Å². The van der Waals surface area contributed by atoms with E-state index in [2.05, 4.69) is 0 Å². The monoisotopic (exact) mass is 307 g/mol. The standard InChI is InChI=1S/C15H11Cl2NO2/c1-9(19)12-4-2-10(8-18)6-15(12)20-14-5-3-11(16)7-13(14)17/h2-7,9,19H,1H3. The van der Waals surface area contributed by atoms with Crippen molar-refractivity contribution in [2.45, 2.75) is 13.0 Å². The van der Waals surface area contributed by atoms with Gasteiger partial charge < -0.3 is 9.84 Å². The van der Waals surface area contributed by atoms with Gasteiger partial charge in [-0.15, -0.1) is 0 Å². The Bertz CT molecular complexity index is 678. The van der Waals surface area contributed by atoms with Crippen LogP contribution in [0.2, 0.25) is 10.0 Å². The lowest BCUT2D eigenvalue weighted by atomic mass is 10.1. The lowest BCUT2D eigenvalue weighted by Crippen LogP contribution is -1.97. The Kier molecular flexibility index (Phi) is 4.51. The zero-order valence-corrected chi connectivity index (χ0v) is 12.1. The van der Waals surface area contributed by atoms with Gasteiger partial charge in [0.15, 0.2) is 0 Å². The number of hydrogen-bond acceptors (Lipinski definition) is 3. The fourth-order valence-corrected chi connectivity index (χ4v) is 2.16. The number of nitrogens with zero attached hydrogens (tertiary/aromatic N) is 1. The molecule has 5 heteroatoms. The molecule has 0 aromatic heterocycles. The average Bonchev–Trinajstić information content (AvgIpc) is 2.41. The molecule has 0 aliphatic heterocycles. The largest absolute Gasteiger partial charge is 0.455 e. The first-order valence-electron chi connectivity index (χ1n) is 5.86. The fourth-order valence-electron chi connectivity index (χ4n) is 1.71. The Balaban J connectivity index is 2.43. The van der Waals surface area contributed by atoms with E-state index in [1.807, 2.05) is 6.07 Å². The molecule has 2 aromatic rings. The number of benzene rings is 2. The zero-order valence-electron chi connectivity index (χ0n) is 10.6. The molecule has 0 radical (unpaired) electrons. The highest BCUT2D eigenvalue weighted by Crippen LogP contribution is 2.35. The molecule has 20 heavy (non-hydrogen) atoms.